The Balaban J connectivity index is 1.80. The molecule has 164 valence electrons. The van der Waals surface area contributed by atoms with Gasteiger partial charge in [-0.05, 0) is 56.5 Å². The number of amides is 3. The number of nitrogens with one attached hydrogen (secondary N) is 1. The van der Waals surface area contributed by atoms with Crippen molar-refractivity contribution in [2.45, 2.75) is 39.0 Å². The minimum Gasteiger partial charge on any atom is -0.343 e. The van der Waals surface area contributed by atoms with Crippen LogP contribution in [0, 0.1) is 0 Å². The Labute approximate surface area is 184 Å². The lowest BCUT2D eigenvalue weighted by molar-refractivity contribution is -0.133. The van der Waals surface area contributed by atoms with E-state index >= 15 is 0 Å². The molecule has 1 aliphatic rings. The summed E-state index contributed by atoms with van der Waals surface area (Å²) < 4.78 is 0. The molecule has 0 saturated carbocycles. The van der Waals surface area contributed by atoms with E-state index in [1.807, 2.05) is 44.2 Å². The second kappa shape index (κ2) is 9.77. The van der Waals surface area contributed by atoms with Crippen molar-refractivity contribution in [3.8, 4) is 0 Å². The number of nitrogens with zero attached hydrogens (tertiary/aromatic N) is 2. The quantitative estimate of drug-likeness (QED) is 0.773. The monoisotopic (exact) mass is 421 g/mol. The van der Waals surface area contributed by atoms with Crippen molar-refractivity contribution in [3.05, 3.63) is 65.7 Å². The van der Waals surface area contributed by atoms with E-state index in [1.165, 1.54) is 0 Å². The summed E-state index contributed by atoms with van der Waals surface area (Å²) in [6.07, 6.45) is 1.14. The number of anilines is 1. The van der Waals surface area contributed by atoms with E-state index in [-0.39, 0.29) is 17.7 Å². The van der Waals surface area contributed by atoms with E-state index in [4.69, 9.17) is 0 Å². The molecule has 6 heteroatoms. The Kier molecular flexibility index (Phi) is 7.10. The largest absolute Gasteiger partial charge is 0.343 e. The Morgan fingerprint density at radius 2 is 1.52 bits per heavy atom. The van der Waals surface area contributed by atoms with Gasteiger partial charge in [0.1, 0.15) is 0 Å². The van der Waals surface area contributed by atoms with E-state index in [0.29, 0.717) is 50.3 Å². The summed E-state index contributed by atoms with van der Waals surface area (Å²) in [4.78, 5) is 41.4. The predicted octanol–water partition coefficient (Wildman–Crippen LogP) is 3.69. The van der Waals surface area contributed by atoms with Gasteiger partial charge in [0.15, 0.2) is 0 Å². The second-order valence-corrected chi connectivity index (χ2v) is 7.96. The molecule has 0 unspecified atom stereocenters. The van der Waals surface area contributed by atoms with Gasteiger partial charge in [-0.2, -0.15) is 0 Å². The molecular weight excluding hydrogens is 390 g/mol. The van der Waals surface area contributed by atoms with Gasteiger partial charge >= 0.3 is 0 Å². The molecule has 1 saturated heterocycles. The molecule has 0 bridgehead atoms. The van der Waals surface area contributed by atoms with Crippen LogP contribution in [0.1, 0.15) is 49.5 Å². The number of likely N-dealkylation sites (tertiary alicyclic amines) is 1. The molecule has 0 aliphatic carbocycles. The first-order valence-corrected chi connectivity index (χ1v) is 10.9. The molecule has 1 heterocycles. The highest BCUT2D eigenvalue weighted by Gasteiger charge is 2.43. The highest BCUT2D eigenvalue weighted by atomic mass is 16.2. The number of carbonyl (C=O) groups is 3. The molecule has 2 aromatic carbocycles. The van der Waals surface area contributed by atoms with Crippen LogP contribution in [0.15, 0.2) is 54.6 Å². The van der Waals surface area contributed by atoms with Crippen molar-refractivity contribution in [2.75, 3.05) is 31.5 Å². The second-order valence-electron chi connectivity index (χ2n) is 7.96. The van der Waals surface area contributed by atoms with Gasteiger partial charge in [-0.25, -0.2) is 0 Å². The third-order valence-electron chi connectivity index (χ3n) is 6.26. The average Bonchev–Trinajstić information content (AvgIpc) is 2.80. The lowest BCUT2D eigenvalue weighted by atomic mass is 9.72. The lowest BCUT2D eigenvalue weighted by Crippen LogP contribution is -2.50. The van der Waals surface area contributed by atoms with Gasteiger partial charge < -0.3 is 15.1 Å². The third kappa shape index (κ3) is 4.79. The SMILES string of the molecule is CCN(CC)C(=O)c1ccc(NC(=O)C2(c3ccccc3)CCN(C(C)=O)CC2)cc1. The fraction of sp³-hybridized carbons (Fsp3) is 0.400. The summed E-state index contributed by atoms with van der Waals surface area (Å²) in [5.41, 5.74) is 1.53. The van der Waals surface area contributed by atoms with Crippen LogP contribution in [0.5, 0.6) is 0 Å². The highest BCUT2D eigenvalue weighted by Crippen LogP contribution is 2.37. The van der Waals surface area contributed by atoms with E-state index in [2.05, 4.69) is 5.32 Å². The number of carbonyl (C=O) groups excluding carboxylic acids is 3. The van der Waals surface area contributed by atoms with Crippen LogP contribution in [0.3, 0.4) is 0 Å². The van der Waals surface area contributed by atoms with Crippen LogP contribution in [0.25, 0.3) is 0 Å². The molecule has 0 spiro atoms. The minimum absolute atomic E-state index is 0.0137. The molecule has 0 atom stereocenters. The molecule has 0 aromatic heterocycles. The molecular formula is C25H31N3O3. The van der Waals surface area contributed by atoms with Crippen molar-refractivity contribution in [1.82, 2.24) is 9.80 Å². The third-order valence-corrected chi connectivity index (χ3v) is 6.26. The van der Waals surface area contributed by atoms with Crippen LogP contribution in [-0.4, -0.2) is 53.7 Å². The van der Waals surface area contributed by atoms with E-state index in [9.17, 15) is 14.4 Å². The Morgan fingerprint density at radius 1 is 0.935 bits per heavy atom. The molecule has 0 radical (unpaired) electrons. The van der Waals surface area contributed by atoms with Gasteiger partial charge in [-0.1, -0.05) is 30.3 Å². The molecule has 2 aromatic rings. The van der Waals surface area contributed by atoms with Crippen LogP contribution in [-0.2, 0) is 15.0 Å². The summed E-state index contributed by atoms with van der Waals surface area (Å²) in [6, 6.07) is 16.8. The van der Waals surface area contributed by atoms with Gasteiger partial charge in [0, 0.05) is 44.4 Å². The van der Waals surface area contributed by atoms with Crippen LogP contribution < -0.4 is 5.32 Å². The topological polar surface area (TPSA) is 69.7 Å². The molecule has 1 fully saturated rings. The fourth-order valence-corrected chi connectivity index (χ4v) is 4.25. The zero-order chi connectivity index (χ0) is 22.4. The zero-order valence-electron chi connectivity index (χ0n) is 18.6. The highest BCUT2D eigenvalue weighted by molar-refractivity contribution is 6.00. The van der Waals surface area contributed by atoms with Crippen molar-refractivity contribution in [2.24, 2.45) is 0 Å². The lowest BCUT2D eigenvalue weighted by Gasteiger charge is -2.40. The number of hydrogen-bond acceptors (Lipinski definition) is 3. The minimum atomic E-state index is -0.692. The van der Waals surface area contributed by atoms with E-state index in [1.54, 1.807) is 41.0 Å². The first-order chi connectivity index (χ1) is 14.9. The van der Waals surface area contributed by atoms with Crippen LogP contribution in [0.4, 0.5) is 5.69 Å². The molecule has 3 rings (SSSR count). The predicted molar refractivity (Wildman–Crippen MR) is 122 cm³/mol. The van der Waals surface area contributed by atoms with Gasteiger partial charge in [0.2, 0.25) is 11.8 Å². The Bertz CT molecular complexity index is 913. The number of rotatable bonds is 6. The van der Waals surface area contributed by atoms with Crippen LogP contribution in [0.2, 0.25) is 0 Å². The maximum atomic E-state index is 13.5. The smallest absolute Gasteiger partial charge is 0.253 e. The van der Waals surface area contributed by atoms with Gasteiger partial charge in [-0.3, -0.25) is 14.4 Å². The molecule has 6 nitrogen and oxygen atoms in total. The summed E-state index contributed by atoms with van der Waals surface area (Å²) in [5, 5.41) is 3.05. The Morgan fingerprint density at radius 3 is 2.03 bits per heavy atom. The normalized spacial score (nSPS) is 15.3. The molecule has 1 aliphatic heterocycles. The van der Waals surface area contributed by atoms with Crippen LogP contribution >= 0.6 is 0 Å². The van der Waals surface area contributed by atoms with Crippen molar-refractivity contribution >= 4 is 23.4 Å². The maximum Gasteiger partial charge on any atom is 0.253 e. The fourth-order valence-electron chi connectivity index (χ4n) is 4.25. The standard InChI is InChI=1S/C25H31N3O3/c1-4-27(5-2)23(30)20-11-13-22(14-12-20)26-24(31)25(21-9-7-6-8-10-21)15-17-28(18-16-25)19(3)29/h6-14H,4-5,15-18H2,1-3H3,(H,26,31). The number of hydrogen-bond donors (Lipinski definition) is 1. The summed E-state index contributed by atoms with van der Waals surface area (Å²) >= 11 is 0. The van der Waals surface area contributed by atoms with Crippen molar-refractivity contribution in [3.63, 3.8) is 0 Å². The van der Waals surface area contributed by atoms with Gasteiger partial charge in [0.05, 0.1) is 5.41 Å². The average molecular weight is 422 g/mol. The molecule has 1 N–H and O–H groups in total. The molecule has 3 amide bonds. The van der Waals surface area contributed by atoms with E-state index < -0.39 is 5.41 Å². The summed E-state index contributed by atoms with van der Waals surface area (Å²) in [6.45, 7) is 7.89. The van der Waals surface area contributed by atoms with Crippen molar-refractivity contribution in [1.29, 1.82) is 0 Å². The summed E-state index contributed by atoms with van der Waals surface area (Å²) in [7, 11) is 0. The zero-order valence-corrected chi connectivity index (χ0v) is 18.6. The molecule has 31 heavy (non-hydrogen) atoms. The number of benzene rings is 2. The van der Waals surface area contributed by atoms with Gasteiger partial charge in [0.25, 0.3) is 5.91 Å². The maximum absolute atomic E-state index is 13.5. The first-order valence-electron chi connectivity index (χ1n) is 10.9. The Hall–Kier alpha value is -3.15. The van der Waals surface area contributed by atoms with Gasteiger partial charge in [-0.15, -0.1) is 0 Å². The number of piperidine rings is 1. The summed E-state index contributed by atoms with van der Waals surface area (Å²) in [5.74, 6) is -0.0551. The van der Waals surface area contributed by atoms with E-state index in [0.717, 1.165) is 5.56 Å². The first kappa shape index (κ1) is 22.5. The van der Waals surface area contributed by atoms with Crippen molar-refractivity contribution < 1.29 is 14.4 Å².